The van der Waals surface area contributed by atoms with E-state index in [1.54, 1.807) is 0 Å². The molecule has 1 amide bonds. The topological polar surface area (TPSA) is 32.8 Å². The van der Waals surface area contributed by atoms with Gasteiger partial charge in [-0.2, -0.15) is 0 Å². The van der Waals surface area contributed by atoms with Crippen LogP contribution in [0.4, 0.5) is 0 Å². The summed E-state index contributed by atoms with van der Waals surface area (Å²) >= 11 is 0. The average molecular weight is 451 g/mol. The van der Waals surface area contributed by atoms with E-state index in [1.165, 1.54) is 16.7 Å². The Morgan fingerprint density at radius 1 is 1.06 bits per heavy atom. The zero-order valence-electron chi connectivity index (χ0n) is 21.1. The number of amides is 1. The molecule has 4 nitrogen and oxygen atoms in total. The minimum atomic E-state index is 0.263. The molecule has 1 unspecified atom stereocenters. The third-order valence-electron chi connectivity index (χ3n) is 6.67. The highest BCUT2D eigenvalue weighted by Crippen LogP contribution is 2.27. The molecular weight excluding hydrogens is 408 g/mol. The molecule has 0 fully saturated rings. The van der Waals surface area contributed by atoms with E-state index in [9.17, 15) is 4.79 Å². The van der Waals surface area contributed by atoms with Crippen molar-refractivity contribution in [1.29, 1.82) is 0 Å². The summed E-state index contributed by atoms with van der Waals surface area (Å²) in [5.74, 6) is 2.26. The Kier molecular flexibility index (Phi) is 9.80. The molecule has 180 valence electrons. The lowest BCUT2D eigenvalue weighted by Crippen LogP contribution is -2.36. The molecule has 3 rings (SSSR count). The number of nitrogens with zero attached hydrogens (tertiary/aromatic N) is 2. The quantitative estimate of drug-likeness (QED) is 0.569. The van der Waals surface area contributed by atoms with Gasteiger partial charge in [0.25, 0.3) is 0 Å². The predicted octanol–water partition coefficient (Wildman–Crippen LogP) is 6.04. The number of hydrogen-bond acceptors (Lipinski definition) is 3. The number of carbonyl (C=O) groups excluding carboxylic acids is 1. The summed E-state index contributed by atoms with van der Waals surface area (Å²) in [5, 5.41) is 0. The summed E-state index contributed by atoms with van der Waals surface area (Å²) in [6, 6.07) is 17.3. The SMILES string of the molecule is Cc1ccc2c(c1)CN(C)CCC(c1ccccc1)CCCN(C(=O)CCC(C)C)CCO2. The number of carbonyl (C=O) groups is 1. The van der Waals surface area contributed by atoms with Crippen LogP contribution in [-0.2, 0) is 11.3 Å². The minimum absolute atomic E-state index is 0.263. The van der Waals surface area contributed by atoms with Gasteiger partial charge in [0.05, 0.1) is 6.54 Å². The van der Waals surface area contributed by atoms with Crippen LogP contribution in [0.5, 0.6) is 5.75 Å². The Balaban J connectivity index is 1.79. The number of hydrogen-bond donors (Lipinski definition) is 0. The normalized spacial score (nSPS) is 18.9. The van der Waals surface area contributed by atoms with Crippen LogP contribution in [0.3, 0.4) is 0 Å². The zero-order valence-corrected chi connectivity index (χ0v) is 21.1. The second kappa shape index (κ2) is 12.8. The summed E-state index contributed by atoms with van der Waals surface area (Å²) in [4.78, 5) is 17.4. The predicted molar refractivity (Wildman–Crippen MR) is 137 cm³/mol. The van der Waals surface area contributed by atoms with Gasteiger partial charge in [-0.25, -0.2) is 0 Å². The zero-order chi connectivity index (χ0) is 23.6. The van der Waals surface area contributed by atoms with Crippen molar-refractivity contribution in [1.82, 2.24) is 9.80 Å². The Labute approximate surface area is 200 Å². The maximum Gasteiger partial charge on any atom is 0.222 e. The van der Waals surface area contributed by atoms with Crippen LogP contribution in [0.15, 0.2) is 48.5 Å². The van der Waals surface area contributed by atoms with Crippen LogP contribution in [0.2, 0.25) is 0 Å². The molecule has 0 saturated carbocycles. The molecule has 0 spiro atoms. The van der Waals surface area contributed by atoms with Crippen LogP contribution in [0.1, 0.15) is 68.6 Å². The first-order valence-electron chi connectivity index (χ1n) is 12.7. The fourth-order valence-electron chi connectivity index (χ4n) is 4.65. The fourth-order valence-corrected chi connectivity index (χ4v) is 4.65. The van der Waals surface area contributed by atoms with Crippen LogP contribution < -0.4 is 4.74 Å². The lowest BCUT2D eigenvalue weighted by Gasteiger charge is -2.27. The van der Waals surface area contributed by atoms with Gasteiger partial charge in [0.1, 0.15) is 12.4 Å². The van der Waals surface area contributed by atoms with Crippen LogP contribution >= 0.6 is 0 Å². The number of aryl methyl sites for hydroxylation is 1. The smallest absolute Gasteiger partial charge is 0.222 e. The minimum Gasteiger partial charge on any atom is -0.491 e. The van der Waals surface area contributed by atoms with Crippen molar-refractivity contribution in [3.05, 3.63) is 65.2 Å². The third-order valence-corrected chi connectivity index (χ3v) is 6.67. The molecule has 1 heterocycles. The standard InChI is InChI=1S/C29H42N2O2/c1-23(2)12-15-29(32)31-17-8-11-26(25-9-6-5-7-10-25)16-18-30(4)22-27-21-24(3)13-14-28(27)33-20-19-31/h5-7,9-10,13-14,21,23,26H,8,11-12,15-20,22H2,1-4H3. The van der Waals surface area contributed by atoms with Gasteiger partial charge in [0, 0.05) is 25.1 Å². The van der Waals surface area contributed by atoms with Crippen LogP contribution in [0, 0.1) is 12.8 Å². The van der Waals surface area contributed by atoms with E-state index in [-0.39, 0.29) is 5.91 Å². The van der Waals surface area contributed by atoms with Crippen molar-refractivity contribution in [3.8, 4) is 5.75 Å². The molecule has 1 aliphatic heterocycles. The third kappa shape index (κ3) is 8.19. The van der Waals surface area contributed by atoms with Gasteiger partial charge < -0.3 is 14.5 Å². The summed E-state index contributed by atoms with van der Waals surface area (Å²) in [5.41, 5.74) is 3.89. The number of ether oxygens (including phenoxy) is 1. The van der Waals surface area contributed by atoms with Gasteiger partial charge in [-0.1, -0.05) is 61.9 Å². The van der Waals surface area contributed by atoms with Crippen LogP contribution in [0.25, 0.3) is 0 Å². The van der Waals surface area contributed by atoms with Gasteiger partial charge in [0.15, 0.2) is 0 Å². The van der Waals surface area contributed by atoms with Crippen molar-refractivity contribution >= 4 is 5.91 Å². The van der Waals surface area contributed by atoms with E-state index < -0.39 is 0 Å². The first kappa shape index (κ1) is 25.3. The second-order valence-electron chi connectivity index (χ2n) is 10.0. The maximum absolute atomic E-state index is 13.0. The molecule has 2 aromatic carbocycles. The van der Waals surface area contributed by atoms with Crippen molar-refractivity contribution < 1.29 is 9.53 Å². The van der Waals surface area contributed by atoms with Gasteiger partial charge in [-0.3, -0.25) is 4.79 Å². The molecular formula is C29H42N2O2. The van der Waals surface area contributed by atoms with E-state index in [0.717, 1.165) is 51.1 Å². The average Bonchev–Trinajstić information content (AvgIpc) is 2.80. The van der Waals surface area contributed by atoms with E-state index in [2.05, 4.69) is 81.2 Å². The first-order chi connectivity index (χ1) is 15.9. The maximum atomic E-state index is 13.0. The fraction of sp³-hybridized carbons (Fsp3) is 0.552. The Bertz CT molecular complexity index is 865. The van der Waals surface area contributed by atoms with E-state index in [4.69, 9.17) is 4.74 Å². The molecule has 33 heavy (non-hydrogen) atoms. The number of fused-ring (bicyclic) bond motifs is 1. The number of benzene rings is 2. The summed E-state index contributed by atoms with van der Waals surface area (Å²) in [7, 11) is 2.20. The molecule has 4 heteroatoms. The highest BCUT2D eigenvalue weighted by atomic mass is 16.5. The van der Waals surface area contributed by atoms with Crippen molar-refractivity contribution in [3.63, 3.8) is 0 Å². The highest BCUT2D eigenvalue weighted by Gasteiger charge is 2.18. The molecule has 0 aliphatic carbocycles. The molecule has 1 atom stereocenters. The highest BCUT2D eigenvalue weighted by molar-refractivity contribution is 5.76. The van der Waals surface area contributed by atoms with Gasteiger partial charge in [0.2, 0.25) is 5.91 Å². The monoisotopic (exact) mass is 450 g/mol. The second-order valence-corrected chi connectivity index (χ2v) is 10.0. The Morgan fingerprint density at radius 3 is 2.61 bits per heavy atom. The van der Waals surface area contributed by atoms with Crippen molar-refractivity contribution in [2.45, 2.75) is 65.3 Å². The Morgan fingerprint density at radius 2 is 1.85 bits per heavy atom. The van der Waals surface area contributed by atoms with E-state index >= 15 is 0 Å². The van der Waals surface area contributed by atoms with Gasteiger partial charge in [-0.15, -0.1) is 0 Å². The largest absolute Gasteiger partial charge is 0.491 e. The molecule has 2 aromatic rings. The molecule has 0 bridgehead atoms. The Hall–Kier alpha value is -2.33. The summed E-state index contributed by atoms with van der Waals surface area (Å²) in [6.07, 6.45) is 4.80. The molecule has 0 saturated heterocycles. The van der Waals surface area contributed by atoms with Crippen molar-refractivity contribution in [2.75, 3.05) is 33.3 Å². The first-order valence-corrected chi connectivity index (χ1v) is 12.7. The van der Waals surface area contributed by atoms with E-state index in [1.807, 2.05) is 4.90 Å². The van der Waals surface area contributed by atoms with Gasteiger partial charge in [-0.05, 0) is 69.7 Å². The molecule has 0 N–H and O–H groups in total. The molecule has 0 aromatic heterocycles. The lowest BCUT2D eigenvalue weighted by molar-refractivity contribution is -0.132. The van der Waals surface area contributed by atoms with Crippen LogP contribution in [-0.4, -0.2) is 49.0 Å². The lowest BCUT2D eigenvalue weighted by atomic mass is 9.91. The van der Waals surface area contributed by atoms with Gasteiger partial charge >= 0.3 is 0 Å². The van der Waals surface area contributed by atoms with Crippen molar-refractivity contribution in [2.24, 2.45) is 5.92 Å². The molecule has 1 aliphatic rings. The van der Waals surface area contributed by atoms with E-state index in [0.29, 0.717) is 31.4 Å². The summed E-state index contributed by atoms with van der Waals surface area (Å²) in [6.45, 7) is 10.4. The number of rotatable bonds is 4. The summed E-state index contributed by atoms with van der Waals surface area (Å²) < 4.78 is 6.21. The molecule has 0 radical (unpaired) electrons.